The first-order valence-electron chi connectivity index (χ1n) is 7.01. The molecule has 1 unspecified atom stereocenters. The number of aromatic nitrogens is 2. The lowest BCUT2D eigenvalue weighted by Gasteiger charge is -2.34. The molecule has 1 aliphatic rings. The maximum Gasteiger partial charge on any atom is 0.271 e. The van der Waals surface area contributed by atoms with Crippen molar-refractivity contribution in [1.29, 1.82) is 0 Å². The summed E-state index contributed by atoms with van der Waals surface area (Å²) in [5, 5.41) is 9.41. The summed E-state index contributed by atoms with van der Waals surface area (Å²) in [6.45, 7) is 2.40. The van der Waals surface area contributed by atoms with E-state index in [2.05, 4.69) is 4.98 Å². The third-order valence-electron chi connectivity index (χ3n) is 3.85. The van der Waals surface area contributed by atoms with Gasteiger partial charge in [-0.15, -0.1) is 11.3 Å². The van der Waals surface area contributed by atoms with Gasteiger partial charge in [0, 0.05) is 23.8 Å². The van der Waals surface area contributed by atoms with E-state index in [1.54, 1.807) is 11.1 Å². The number of likely N-dealkylation sites (tertiary alicyclic amines) is 1. The maximum absolute atomic E-state index is 12.6. The van der Waals surface area contributed by atoms with E-state index in [0.29, 0.717) is 11.5 Å². The third-order valence-corrected chi connectivity index (χ3v) is 4.76. The van der Waals surface area contributed by atoms with Crippen molar-refractivity contribution in [1.82, 2.24) is 14.3 Å². The molecule has 1 N–H and O–H groups in total. The molecule has 2 aromatic rings. The van der Waals surface area contributed by atoms with Crippen LogP contribution in [-0.4, -0.2) is 44.5 Å². The van der Waals surface area contributed by atoms with Gasteiger partial charge in [0.2, 0.25) is 0 Å². The third kappa shape index (κ3) is 2.47. The van der Waals surface area contributed by atoms with E-state index in [-0.39, 0.29) is 29.7 Å². The van der Waals surface area contributed by atoms with Crippen molar-refractivity contribution in [3.63, 3.8) is 0 Å². The molecule has 1 amide bonds. The second-order valence-corrected chi connectivity index (χ2v) is 6.52. The Morgan fingerprint density at radius 2 is 2.33 bits per heavy atom. The zero-order valence-electron chi connectivity index (χ0n) is 11.8. The summed E-state index contributed by atoms with van der Waals surface area (Å²) in [4.78, 5) is 32.4. The van der Waals surface area contributed by atoms with Gasteiger partial charge in [0.1, 0.15) is 5.56 Å². The summed E-state index contributed by atoms with van der Waals surface area (Å²) in [6.07, 6.45) is 5.73. The number of hydrogen-bond donors (Lipinski definition) is 1. The van der Waals surface area contributed by atoms with Crippen molar-refractivity contribution in [2.75, 3.05) is 13.2 Å². The van der Waals surface area contributed by atoms with E-state index < -0.39 is 0 Å². The molecule has 0 bridgehead atoms. The summed E-state index contributed by atoms with van der Waals surface area (Å²) < 4.78 is 1.42. The zero-order valence-corrected chi connectivity index (χ0v) is 12.6. The van der Waals surface area contributed by atoms with Crippen molar-refractivity contribution >= 4 is 22.2 Å². The Hall–Kier alpha value is -1.73. The first kappa shape index (κ1) is 14.2. The molecule has 112 valence electrons. The summed E-state index contributed by atoms with van der Waals surface area (Å²) in [7, 11) is 0. The maximum atomic E-state index is 12.6. The molecule has 0 aliphatic carbocycles. The minimum atomic E-state index is -0.336. The molecule has 7 heteroatoms. The van der Waals surface area contributed by atoms with E-state index in [9.17, 15) is 14.7 Å². The molecule has 0 radical (unpaired) electrons. The normalized spacial score (nSPS) is 19.1. The van der Waals surface area contributed by atoms with Crippen LogP contribution in [-0.2, 0) is 0 Å². The zero-order chi connectivity index (χ0) is 15.0. The second kappa shape index (κ2) is 5.57. The number of aryl methyl sites for hydroxylation is 1. The molecule has 1 fully saturated rings. The molecule has 1 saturated heterocycles. The van der Waals surface area contributed by atoms with E-state index >= 15 is 0 Å². The van der Waals surface area contributed by atoms with E-state index in [1.807, 2.05) is 6.92 Å². The number of carbonyl (C=O) groups excluding carboxylic acids is 1. The van der Waals surface area contributed by atoms with Crippen molar-refractivity contribution in [2.45, 2.75) is 32.2 Å². The highest BCUT2D eigenvalue weighted by atomic mass is 32.1. The highest BCUT2D eigenvalue weighted by Gasteiger charge is 2.29. The molecule has 1 aliphatic heterocycles. The summed E-state index contributed by atoms with van der Waals surface area (Å²) in [6, 6.07) is -0.199. The molecule has 2 aromatic heterocycles. The molecule has 3 heterocycles. The number of piperidine rings is 1. The first-order chi connectivity index (χ1) is 10.1. The van der Waals surface area contributed by atoms with Crippen LogP contribution in [0.5, 0.6) is 0 Å². The molecule has 6 nitrogen and oxygen atoms in total. The van der Waals surface area contributed by atoms with Gasteiger partial charge in [-0.2, -0.15) is 0 Å². The van der Waals surface area contributed by atoms with Gasteiger partial charge < -0.3 is 10.0 Å². The summed E-state index contributed by atoms with van der Waals surface area (Å²) >= 11 is 1.41. The van der Waals surface area contributed by atoms with Gasteiger partial charge >= 0.3 is 0 Å². The van der Waals surface area contributed by atoms with Crippen molar-refractivity contribution in [3.05, 3.63) is 33.2 Å². The lowest BCUT2D eigenvalue weighted by Crippen LogP contribution is -2.47. The number of fused-ring (bicyclic) bond motifs is 1. The highest BCUT2D eigenvalue weighted by molar-refractivity contribution is 7.16. The summed E-state index contributed by atoms with van der Waals surface area (Å²) in [5.74, 6) is -0.329. The topological polar surface area (TPSA) is 74.9 Å². The number of rotatable bonds is 2. The average molecular weight is 307 g/mol. The monoisotopic (exact) mass is 307 g/mol. The SMILES string of the molecule is Cc1cn2c(=O)c(C(=O)N3CCCCC3CO)cnc2s1. The number of aliphatic hydroxyl groups excluding tert-OH is 1. The van der Waals surface area contributed by atoms with Crippen molar-refractivity contribution in [2.24, 2.45) is 0 Å². The smallest absolute Gasteiger partial charge is 0.271 e. The standard InChI is InChI=1S/C14H17N3O3S/c1-9-7-17-13(20)11(6-15-14(17)21-9)12(19)16-5-3-2-4-10(16)8-18/h6-7,10,18H,2-5,8H2,1H3. The van der Waals surface area contributed by atoms with Gasteiger partial charge in [-0.1, -0.05) is 0 Å². The second-order valence-electron chi connectivity index (χ2n) is 5.30. The lowest BCUT2D eigenvalue weighted by atomic mass is 10.0. The fourth-order valence-corrected chi connectivity index (χ4v) is 3.54. The van der Waals surface area contributed by atoms with Crippen LogP contribution in [0.1, 0.15) is 34.5 Å². The Balaban J connectivity index is 2.01. The van der Waals surface area contributed by atoms with Crippen molar-refractivity contribution < 1.29 is 9.90 Å². The van der Waals surface area contributed by atoms with Gasteiger partial charge in [-0.25, -0.2) is 4.98 Å². The van der Waals surface area contributed by atoms with Crippen LogP contribution >= 0.6 is 11.3 Å². The van der Waals surface area contributed by atoms with Crippen LogP contribution in [0.2, 0.25) is 0 Å². The Bertz CT molecular complexity index is 737. The number of thiazole rings is 1. The van der Waals surface area contributed by atoms with E-state index in [1.165, 1.54) is 21.9 Å². The number of amides is 1. The molecule has 1 atom stereocenters. The van der Waals surface area contributed by atoms with Crippen LogP contribution in [0.3, 0.4) is 0 Å². The fourth-order valence-electron chi connectivity index (χ4n) is 2.75. The minimum absolute atomic E-state index is 0.0691. The van der Waals surface area contributed by atoms with Crippen LogP contribution in [0.4, 0.5) is 0 Å². The Labute approximate surface area is 125 Å². The molecule has 0 spiro atoms. The Morgan fingerprint density at radius 1 is 1.52 bits per heavy atom. The number of aliphatic hydroxyl groups is 1. The Morgan fingerprint density at radius 3 is 3.10 bits per heavy atom. The van der Waals surface area contributed by atoms with Crippen LogP contribution in [0.25, 0.3) is 4.96 Å². The molecule has 0 aromatic carbocycles. The number of hydrogen-bond acceptors (Lipinski definition) is 5. The predicted molar refractivity (Wildman–Crippen MR) is 79.8 cm³/mol. The van der Waals surface area contributed by atoms with Crippen LogP contribution in [0, 0.1) is 6.92 Å². The molecule has 3 rings (SSSR count). The largest absolute Gasteiger partial charge is 0.394 e. The quantitative estimate of drug-likeness (QED) is 0.900. The van der Waals surface area contributed by atoms with Gasteiger partial charge in [-0.05, 0) is 26.2 Å². The predicted octanol–water partition coefficient (Wildman–Crippen LogP) is 1.05. The first-order valence-corrected chi connectivity index (χ1v) is 7.83. The fraction of sp³-hybridized carbons (Fsp3) is 0.500. The number of carbonyl (C=O) groups is 1. The van der Waals surface area contributed by atoms with E-state index in [0.717, 1.165) is 24.1 Å². The van der Waals surface area contributed by atoms with Crippen molar-refractivity contribution in [3.8, 4) is 0 Å². The van der Waals surface area contributed by atoms with Crippen LogP contribution in [0.15, 0.2) is 17.2 Å². The molecule has 0 saturated carbocycles. The molecular weight excluding hydrogens is 290 g/mol. The molecule has 21 heavy (non-hydrogen) atoms. The van der Waals surface area contributed by atoms with E-state index in [4.69, 9.17) is 0 Å². The Kier molecular flexibility index (Phi) is 3.77. The highest BCUT2D eigenvalue weighted by Crippen LogP contribution is 2.19. The number of nitrogens with zero attached hydrogens (tertiary/aromatic N) is 3. The molecular formula is C14H17N3O3S. The summed E-state index contributed by atoms with van der Waals surface area (Å²) in [5.41, 5.74) is -0.262. The lowest BCUT2D eigenvalue weighted by molar-refractivity contribution is 0.0500. The van der Waals surface area contributed by atoms with Gasteiger partial charge in [0.15, 0.2) is 4.96 Å². The van der Waals surface area contributed by atoms with Gasteiger partial charge in [0.05, 0.1) is 12.6 Å². The minimum Gasteiger partial charge on any atom is -0.394 e. The van der Waals surface area contributed by atoms with Gasteiger partial charge in [-0.3, -0.25) is 14.0 Å². The average Bonchev–Trinajstić information content (AvgIpc) is 2.88. The van der Waals surface area contributed by atoms with Gasteiger partial charge in [0.25, 0.3) is 11.5 Å². The van der Waals surface area contributed by atoms with Crippen LogP contribution < -0.4 is 5.56 Å².